The molecule has 20 heavy (non-hydrogen) atoms. The van der Waals surface area contributed by atoms with Crippen molar-refractivity contribution in [2.45, 2.75) is 25.8 Å². The zero-order valence-corrected chi connectivity index (χ0v) is 11.9. The zero-order chi connectivity index (χ0) is 13.8. The summed E-state index contributed by atoms with van der Waals surface area (Å²) < 4.78 is 5.85. The van der Waals surface area contributed by atoms with Crippen LogP contribution < -0.4 is 10.1 Å². The minimum atomic E-state index is 0.315. The molecule has 1 heterocycles. The molecule has 2 aromatic rings. The highest BCUT2D eigenvalue weighted by molar-refractivity contribution is 5.46. The monoisotopic (exact) mass is 267 g/mol. The van der Waals surface area contributed by atoms with Crippen molar-refractivity contribution in [3.8, 4) is 5.75 Å². The number of benzene rings is 2. The number of nitrogens with one attached hydrogen (secondary N) is 1. The first-order valence-electron chi connectivity index (χ1n) is 7.40. The summed E-state index contributed by atoms with van der Waals surface area (Å²) in [6.07, 6.45) is 2.03. The van der Waals surface area contributed by atoms with Crippen molar-refractivity contribution in [2.24, 2.45) is 0 Å². The normalized spacial score (nSPS) is 14.7. The van der Waals surface area contributed by atoms with Crippen molar-refractivity contribution < 1.29 is 4.74 Å². The van der Waals surface area contributed by atoms with Gasteiger partial charge < -0.3 is 10.1 Å². The molecule has 0 aliphatic carbocycles. The van der Waals surface area contributed by atoms with Gasteiger partial charge in [-0.05, 0) is 24.1 Å². The summed E-state index contributed by atoms with van der Waals surface area (Å²) in [5.41, 5.74) is 4.00. The largest absolute Gasteiger partial charge is 0.493 e. The molecule has 0 bridgehead atoms. The molecule has 2 nitrogen and oxygen atoms in total. The molecule has 2 heteroatoms. The van der Waals surface area contributed by atoms with Crippen molar-refractivity contribution >= 4 is 0 Å². The summed E-state index contributed by atoms with van der Waals surface area (Å²) in [6.45, 7) is 3.93. The molecule has 104 valence electrons. The van der Waals surface area contributed by atoms with E-state index >= 15 is 0 Å². The summed E-state index contributed by atoms with van der Waals surface area (Å²) >= 11 is 0. The van der Waals surface area contributed by atoms with Gasteiger partial charge in [-0.15, -0.1) is 0 Å². The van der Waals surface area contributed by atoms with Crippen LogP contribution >= 0.6 is 0 Å². The molecule has 0 saturated carbocycles. The van der Waals surface area contributed by atoms with Crippen molar-refractivity contribution in [3.05, 3.63) is 65.2 Å². The van der Waals surface area contributed by atoms with Gasteiger partial charge in [0.2, 0.25) is 0 Å². The van der Waals surface area contributed by atoms with E-state index in [0.717, 1.165) is 31.7 Å². The van der Waals surface area contributed by atoms with Crippen molar-refractivity contribution in [1.29, 1.82) is 0 Å². The van der Waals surface area contributed by atoms with Crippen LogP contribution in [0, 0.1) is 0 Å². The van der Waals surface area contributed by atoms with Gasteiger partial charge in [0.1, 0.15) is 5.75 Å². The van der Waals surface area contributed by atoms with Gasteiger partial charge in [0, 0.05) is 18.0 Å². The van der Waals surface area contributed by atoms with Crippen LogP contribution in [0.1, 0.15) is 29.7 Å². The van der Waals surface area contributed by atoms with E-state index in [1.165, 1.54) is 16.7 Å². The van der Waals surface area contributed by atoms with Gasteiger partial charge in [-0.2, -0.15) is 0 Å². The molecule has 0 amide bonds. The lowest BCUT2D eigenvalue weighted by molar-refractivity contribution is 0.348. The van der Waals surface area contributed by atoms with Gasteiger partial charge in [0.05, 0.1) is 6.61 Å². The number of likely N-dealkylation sites (N-methyl/N-ethyl adjacent to an activating group) is 1. The fourth-order valence-corrected chi connectivity index (χ4v) is 2.90. The van der Waals surface area contributed by atoms with E-state index in [1.54, 1.807) is 0 Å². The lowest BCUT2D eigenvalue weighted by atomic mass is 9.96. The molecule has 1 atom stereocenters. The van der Waals surface area contributed by atoms with Crippen molar-refractivity contribution in [3.63, 3.8) is 0 Å². The summed E-state index contributed by atoms with van der Waals surface area (Å²) in [5, 5.41) is 3.60. The summed E-state index contributed by atoms with van der Waals surface area (Å²) in [7, 11) is 0. The van der Waals surface area contributed by atoms with Gasteiger partial charge >= 0.3 is 0 Å². The molecule has 1 unspecified atom stereocenters. The molecule has 2 aromatic carbocycles. The van der Waals surface area contributed by atoms with Crippen LogP contribution in [0.5, 0.6) is 5.75 Å². The Balaban J connectivity index is 1.89. The number of ether oxygens (including phenoxy) is 1. The summed E-state index contributed by atoms with van der Waals surface area (Å²) in [6, 6.07) is 17.5. The SMILES string of the molecule is CCNC(Cc1ccccc1)c1cccc2c1OCC2. The predicted molar refractivity (Wildman–Crippen MR) is 82.2 cm³/mol. The number of para-hydroxylation sites is 1. The van der Waals surface area contributed by atoms with Gasteiger partial charge in [0.15, 0.2) is 0 Å². The van der Waals surface area contributed by atoms with Crippen LogP contribution in [0.4, 0.5) is 0 Å². The van der Waals surface area contributed by atoms with Crippen LogP contribution in [0.25, 0.3) is 0 Å². The Morgan fingerprint density at radius 1 is 1.10 bits per heavy atom. The maximum absolute atomic E-state index is 5.85. The first-order valence-corrected chi connectivity index (χ1v) is 7.40. The second-order valence-corrected chi connectivity index (χ2v) is 5.23. The lowest BCUT2D eigenvalue weighted by Gasteiger charge is -2.21. The molecule has 0 aromatic heterocycles. The van der Waals surface area contributed by atoms with E-state index in [9.17, 15) is 0 Å². The highest BCUT2D eigenvalue weighted by Crippen LogP contribution is 2.34. The Hall–Kier alpha value is -1.80. The predicted octanol–water partition coefficient (Wildman–Crippen LogP) is 3.51. The second-order valence-electron chi connectivity index (χ2n) is 5.23. The molecule has 0 fully saturated rings. The standard InChI is InChI=1S/C18H21NO/c1-2-19-17(13-14-7-4-3-5-8-14)16-10-6-9-15-11-12-20-18(15)16/h3-10,17,19H,2,11-13H2,1H3. The van der Waals surface area contributed by atoms with E-state index in [0.29, 0.717) is 6.04 Å². The minimum Gasteiger partial charge on any atom is -0.493 e. The number of hydrogen-bond acceptors (Lipinski definition) is 2. The molecule has 0 saturated heterocycles. The van der Waals surface area contributed by atoms with Gasteiger partial charge in [-0.25, -0.2) is 0 Å². The lowest BCUT2D eigenvalue weighted by Crippen LogP contribution is -2.23. The van der Waals surface area contributed by atoms with E-state index in [2.05, 4.69) is 60.8 Å². The fraction of sp³-hybridized carbons (Fsp3) is 0.333. The Bertz CT molecular complexity index is 565. The average molecular weight is 267 g/mol. The Kier molecular flexibility index (Phi) is 4.03. The van der Waals surface area contributed by atoms with Crippen molar-refractivity contribution in [2.75, 3.05) is 13.2 Å². The van der Waals surface area contributed by atoms with E-state index in [1.807, 2.05) is 0 Å². The Labute approximate surface area is 120 Å². The smallest absolute Gasteiger partial charge is 0.127 e. The van der Waals surface area contributed by atoms with Crippen LogP contribution in [-0.2, 0) is 12.8 Å². The van der Waals surface area contributed by atoms with Crippen LogP contribution in [-0.4, -0.2) is 13.2 Å². The van der Waals surface area contributed by atoms with E-state index in [-0.39, 0.29) is 0 Å². The third kappa shape index (κ3) is 2.70. The summed E-state index contributed by atoms with van der Waals surface area (Å²) in [5.74, 6) is 1.11. The molecule has 0 radical (unpaired) electrons. The van der Waals surface area contributed by atoms with Crippen molar-refractivity contribution in [1.82, 2.24) is 5.32 Å². The molecule has 1 aliphatic rings. The third-order valence-electron chi connectivity index (χ3n) is 3.85. The van der Waals surface area contributed by atoms with Crippen LogP contribution in [0.15, 0.2) is 48.5 Å². The highest BCUT2D eigenvalue weighted by Gasteiger charge is 2.21. The minimum absolute atomic E-state index is 0.315. The van der Waals surface area contributed by atoms with Gasteiger partial charge in [-0.3, -0.25) is 0 Å². The van der Waals surface area contributed by atoms with E-state index < -0.39 is 0 Å². The van der Waals surface area contributed by atoms with Crippen LogP contribution in [0.3, 0.4) is 0 Å². The Morgan fingerprint density at radius 2 is 1.95 bits per heavy atom. The average Bonchev–Trinajstić information content (AvgIpc) is 2.96. The van der Waals surface area contributed by atoms with Gasteiger partial charge in [-0.1, -0.05) is 55.5 Å². The number of rotatable bonds is 5. The maximum atomic E-state index is 5.85. The maximum Gasteiger partial charge on any atom is 0.127 e. The molecule has 0 spiro atoms. The number of fused-ring (bicyclic) bond motifs is 1. The first-order chi connectivity index (χ1) is 9.88. The molecule has 1 N–H and O–H groups in total. The number of hydrogen-bond donors (Lipinski definition) is 1. The fourth-order valence-electron chi connectivity index (χ4n) is 2.90. The molecule has 3 rings (SSSR count). The first kappa shape index (κ1) is 13.2. The summed E-state index contributed by atoms with van der Waals surface area (Å²) in [4.78, 5) is 0. The van der Waals surface area contributed by atoms with E-state index in [4.69, 9.17) is 4.74 Å². The second kappa shape index (κ2) is 6.10. The Morgan fingerprint density at radius 3 is 2.75 bits per heavy atom. The molecular weight excluding hydrogens is 246 g/mol. The quantitative estimate of drug-likeness (QED) is 0.895. The molecule has 1 aliphatic heterocycles. The highest BCUT2D eigenvalue weighted by atomic mass is 16.5. The molecular formula is C18H21NO. The van der Waals surface area contributed by atoms with Crippen LogP contribution in [0.2, 0.25) is 0 Å². The van der Waals surface area contributed by atoms with Gasteiger partial charge in [0.25, 0.3) is 0 Å². The third-order valence-corrected chi connectivity index (χ3v) is 3.85. The topological polar surface area (TPSA) is 21.3 Å². The zero-order valence-electron chi connectivity index (χ0n) is 11.9.